The molecule has 14 aromatic rings. The van der Waals surface area contributed by atoms with Gasteiger partial charge < -0.3 is 59.9 Å². The first-order valence-corrected chi connectivity index (χ1v) is 49.9. The highest BCUT2D eigenvalue weighted by Crippen LogP contribution is 2.61. The molecule has 4 amide bonds. The van der Waals surface area contributed by atoms with Crippen molar-refractivity contribution in [3.63, 3.8) is 0 Å². The zero-order chi connectivity index (χ0) is 98.4. The Morgan fingerprint density at radius 2 is 0.962 bits per heavy atom. The van der Waals surface area contributed by atoms with Crippen molar-refractivity contribution in [2.24, 2.45) is 5.84 Å². The van der Waals surface area contributed by atoms with Crippen LogP contribution in [0.2, 0.25) is 5.28 Å². The number of nitriles is 2. The lowest BCUT2D eigenvalue weighted by Crippen LogP contribution is -2.61. The van der Waals surface area contributed by atoms with Crippen molar-refractivity contribution in [1.82, 2.24) is 104 Å². The number of H-pyrrole nitrogens is 1. The number of benzene rings is 6. The molecule has 9 N–H and O–H groups in total. The Hall–Kier alpha value is -9.49. The highest BCUT2D eigenvalue weighted by Gasteiger charge is 2.37. The van der Waals surface area contributed by atoms with Crippen molar-refractivity contribution in [2.45, 2.75) is 84.7 Å². The number of nitrogens with zero attached hydrogens (tertiary/aromatic N) is 21. The summed E-state index contributed by atoms with van der Waals surface area (Å²) in [6, 6.07) is 38.3. The molecule has 6 aromatic carbocycles. The second-order valence-electron chi connectivity index (χ2n) is 29.2. The van der Waals surface area contributed by atoms with E-state index in [4.69, 9.17) is 91.6 Å². The molecule has 0 unspecified atom stereocenters. The van der Waals surface area contributed by atoms with Gasteiger partial charge in [0.1, 0.15) is 48.6 Å². The van der Waals surface area contributed by atoms with Crippen molar-refractivity contribution in [2.75, 3.05) is 99.8 Å². The van der Waals surface area contributed by atoms with Crippen LogP contribution < -0.4 is 48.4 Å². The first kappa shape index (κ1) is 111. The monoisotopic (exact) mass is 2360 g/mol. The van der Waals surface area contributed by atoms with E-state index in [1.165, 1.54) is 28.0 Å². The van der Waals surface area contributed by atoms with Gasteiger partial charge in [-0.05, 0) is 217 Å². The maximum absolute atomic E-state index is 12.3. The number of hydrogen-bond acceptors (Lipinski definition) is 30. The fourth-order valence-corrected chi connectivity index (χ4v) is 13.9. The van der Waals surface area contributed by atoms with E-state index in [0.717, 1.165) is 120 Å². The third-order valence-electron chi connectivity index (χ3n) is 17.7. The molecule has 0 atom stereocenters. The quantitative estimate of drug-likeness (QED) is 0.00674. The van der Waals surface area contributed by atoms with Gasteiger partial charge in [0, 0.05) is 125 Å². The zero-order valence-electron chi connectivity index (χ0n) is 72.3. The molecule has 0 saturated carbocycles. The Labute approximate surface area is 845 Å². The number of alkyl halides is 2. The molecule has 708 valence electrons. The number of fused-ring (bicyclic) bond motifs is 12. The van der Waals surface area contributed by atoms with Gasteiger partial charge in [-0.25, -0.2) is 64.7 Å². The number of nitrogens with two attached hydrogens (primary N) is 2. The first-order valence-electron chi connectivity index (χ1n) is 38.9. The highest BCUT2D eigenvalue weighted by molar-refractivity contribution is 9.11. The number of nitrogens with one attached hydrogen (secondary N) is 5. The number of aromatic amines is 1. The second-order valence-corrected chi connectivity index (χ2v) is 42.8. The number of carbonyl (C=O) groups excluding carboxylic acids is 5. The number of hydrogen-bond donors (Lipinski definition) is 7. The molecule has 3 fully saturated rings. The van der Waals surface area contributed by atoms with E-state index in [9.17, 15) is 28.5 Å². The molecule has 0 spiro atoms. The van der Waals surface area contributed by atoms with Crippen LogP contribution in [0.4, 0.5) is 42.4 Å². The fraction of sp³-hybridized carbons (Fsp3) is 0.312. The van der Waals surface area contributed by atoms with Gasteiger partial charge in [0.15, 0.2) is 22.6 Å². The summed E-state index contributed by atoms with van der Waals surface area (Å²) in [5.41, 5.74) is 13.4. The topological polar surface area (TPSA) is 492 Å². The molecule has 8 aromatic heterocycles. The maximum atomic E-state index is 12.3. The van der Waals surface area contributed by atoms with Crippen LogP contribution in [0, 0.1) is 22.7 Å². The molecule has 3 aliphatic heterocycles. The molecular weight excluding hydrogens is 2290 g/mol. The summed E-state index contributed by atoms with van der Waals surface area (Å²) in [5.74, 6) is 6.00. The average Bonchev–Trinajstić information content (AvgIpc) is 1.74. The largest absolute Gasteiger partial charge is 0.454 e. The minimum atomic E-state index is -3.22. The molecule has 17 rings (SSSR count). The predicted molar refractivity (Wildman–Crippen MR) is 538 cm³/mol. The number of aromatic nitrogens is 16. The van der Waals surface area contributed by atoms with Gasteiger partial charge in [0.2, 0.25) is 23.6 Å². The standard InChI is InChI=1S/C18H21BrN6O2.C13H13BrN6.C10H9BrN2O2.C9H4BrClN4.C9H5BrN4O.C9H18N2O2.C7H5BrN2.C3H5ClO2.CH2Cl2.CH4N2O.Cl3OP/c1-18(2,3)27-17(26)23(4)12-8-24(9-12)16-22-14-6-5-11(19)7-13(14)15-20-10-21-25(15)16;1-15-9-5-19(6-9)13-18-11-3-2-8(14)4-10(11)12-16-7-17-20(12)13;1-2-15-10(14)13-9-4-3-8(11)5-7(9)6-12;10-5-1-2-7-6(3-5)8-12-4-13-15(8)9(11)14-7;10-5-1-2-7-6(3-5)8-11-4-12-14(8)9(15)13-7;1-9(2,3)13-8(12)11(4)7-5-10-6-7;8-6-1-2-7(10)5(3-6)4-9;1-2-6-3(4)5;2-1-3;2-3-1-4;1-5(2,3)4/h5-7,10,12H,8-9H2,1-4H3;2-4,7,9,15H,5-6H2,1H3;3-5H,2H2,1H3,(H,13,14);1-4H;1-4H,(H,13,15);7,10H,5-6H2,1-4H3;1-3H,10H2;2H2,1H3;1H2;1H,2H2,(H,3,4);. The molecule has 0 bridgehead atoms. The van der Waals surface area contributed by atoms with Crippen LogP contribution in [0.15, 0.2) is 166 Å². The van der Waals surface area contributed by atoms with Gasteiger partial charge >= 0.3 is 34.6 Å². The van der Waals surface area contributed by atoms with E-state index < -0.39 is 27.9 Å². The van der Waals surface area contributed by atoms with E-state index in [2.05, 4.69) is 216 Å². The lowest BCUT2D eigenvalue weighted by molar-refractivity contribution is -0.109. The summed E-state index contributed by atoms with van der Waals surface area (Å²) in [4.78, 5) is 106. The number of ether oxygens (including phenoxy) is 4. The number of amides is 4. The van der Waals surface area contributed by atoms with Crippen molar-refractivity contribution < 1.29 is 47.5 Å². The average molecular weight is 2370 g/mol. The summed E-state index contributed by atoms with van der Waals surface area (Å²) in [7, 11) is 5.53. The molecule has 0 aliphatic carbocycles. The number of hydrazine groups is 1. The number of carbonyl (C=O) groups is 5. The van der Waals surface area contributed by atoms with Crippen molar-refractivity contribution in [1.29, 1.82) is 10.5 Å². The Morgan fingerprint density at radius 3 is 1.36 bits per heavy atom. The third-order valence-corrected chi connectivity index (χ3v) is 21.0. The van der Waals surface area contributed by atoms with Crippen LogP contribution in [-0.4, -0.2) is 227 Å². The van der Waals surface area contributed by atoms with Gasteiger partial charge in [-0.15, -0.1) is 23.2 Å². The molecule has 133 heavy (non-hydrogen) atoms. The smallest absolute Gasteiger partial charge is 0.411 e. The Morgan fingerprint density at radius 1 is 0.586 bits per heavy atom. The van der Waals surface area contributed by atoms with Crippen molar-refractivity contribution >= 4 is 300 Å². The van der Waals surface area contributed by atoms with Gasteiger partial charge in [0.05, 0.1) is 69.5 Å². The molecule has 3 aliphatic rings. The van der Waals surface area contributed by atoms with E-state index in [1.54, 1.807) is 90.4 Å². The van der Waals surface area contributed by atoms with Crippen LogP contribution in [-0.2, 0) is 28.3 Å². The van der Waals surface area contributed by atoms with Gasteiger partial charge in [0.25, 0.3) is 0 Å². The first-order chi connectivity index (χ1) is 62.9. The van der Waals surface area contributed by atoms with Gasteiger partial charge in [-0.2, -0.15) is 49.0 Å². The van der Waals surface area contributed by atoms with Crippen LogP contribution >= 0.6 is 181 Å². The lowest BCUT2D eigenvalue weighted by atomic mass is 10.1. The van der Waals surface area contributed by atoms with Crippen LogP contribution in [0.25, 0.3) is 66.2 Å². The van der Waals surface area contributed by atoms with Crippen LogP contribution in [0.5, 0.6) is 0 Å². The van der Waals surface area contributed by atoms with E-state index >= 15 is 0 Å². The minimum absolute atomic E-state index is 0.0702. The van der Waals surface area contributed by atoms with Gasteiger partial charge in [-0.1, -0.05) is 95.6 Å². The third kappa shape index (κ3) is 33.8. The number of rotatable bonds is 9. The molecule has 53 heteroatoms. The van der Waals surface area contributed by atoms with Gasteiger partial charge in [-0.3, -0.25) is 20.1 Å². The SMILES string of the molecule is CCOC(=O)Cl.CCOC(=O)Nc1ccc(Br)cc1C#N.CN(C(=O)OC(C)(C)C)C1CN(c2nc3ccc(Br)cc3c3ncnn23)C1.CN(C(=O)OC(C)(C)C)C1CNC1.CNC1CN(c2nc3ccc(Br)cc3c3ncnn23)C1.ClCCl.Clc1nc2ccc(Br)cc2c2ncnn12.N#Cc1cc(Br)ccc1N.NNC=O.O=P(Cl)(Cl)Cl.O=c1[nH]c2ccc(Br)cc2c2ncnn12. The summed E-state index contributed by atoms with van der Waals surface area (Å²) >= 11 is 54.3. The maximum Gasteiger partial charge on any atom is 0.411 e. The van der Waals surface area contributed by atoms with E-state index in [1.807, 2.05) is 138 Å². The summed E-state index contributed by atoms with van der Waals surface area (Å²) in [5, 5.41) is 43.7. The summed E-state index contributed by atoms with van der Waals surface area (Å²) < 4.78 is 40.9. The predicted octanol–water partition coefficient (Wildman–Crippen LogP) is 18.4. The molecule has 11 heterocycles. The summed E-state index contributed by atoms with van der Waals surface area (Å²) in [6.07, 6.45) is 5.24. The normalized spacial score (nSPS) is 12.6. The van der Waals surface area contributed by atoms with Crippen LogP contribution in [0.3, 0.4) is 0 Å². The number of likely N-dealkylation sites (N-methyl/N-ethyl adjacent to an activating group) is 3. The number of halogens is 13. The molecule has 0 radical (unpaired) electrons. The second kappa shape index (κ2) is 52.6. The molecule has 3 saturated heterocycles. The molecular formula is C80H86Br6Cl7N28O11P. The van der Waals surface area contributed by atoms with Crippen LogP contribution in [0.1, 0.15) is 66.5 Å². The Bertz CT molecular complexity index is 6560. The number of anilines is 4. The van der Waals surface area contributed by atoms with E-state index in [0.29, 0.717) is 83.9 Å². The number of nitrogen functional groups attached to an aromatic ring is 1. The Kier molecular flexibility index (Phi) is 43.7. The summed E-state index contributed by atoms with van der Waals surface area (Å²) in [6.45, 7) is 20.2. The lowest BCUT2D eigenvalue weighted by Gasteiger charge is -2.44. The van der Waals surface area contributed by atoms with Crippen molar-refractivity contribution in [3.05, 3.63) is 188 Å². The Balaban J connectivity index is 0.000000209. The fourth-order valence-electron chi connectivity index (χ4n) is 11.4. The zero-order valence-corrected chi connectivity index (χ0v) is 88.0. The molecule has 39 nitrogen and oxygen atoms in total. The van der Waals surface area contributed by atoms with E-state index in [-0.39, 0.29) is 29.3 Å². The van der Waals surface area contributed by atoms with Crippen molar-refractivity contribution in [3.8, 4) is 12.1 Å². The minimum Gasteiger partial charge on any atom is -0.454 e. The highest BCUT2D eigenvalue weighted by atomic mass is 79.9.